The molecule has 48 heavy (non-hydrogen) atoms. The van der Waals surface area contributed by atoms with Crippen molar-refractivity contribution < 1.29 is 20.1 Å². The first-order valence-corrected chi connectivity index (χ1v) is 16.6. The van der Waals surface area contributed by atoms with E-state index in [2.05, 4.69) is 134 Å². The second-order valence-corrected chi connectivity index (χ2v) is 13.3. The van der Waals surface area contributed by atoms with Gasteiger partial charge in [-0.1, -0.05) is 85.0 Å². The molecule has 1 radical (unpaired) electrons. The number of para-hydroxylation sites is 2. The van der Waals surface area contributed by atoms with E-state index in [0.717, 1.165) is 22.5 Å². The van der Waals surface area contributed by atoms with Crippen molar-refractivity contribution >= 4 is 33.2 Å². The molecule has 9 rings (SSSR count). The Bertz CT molecular complexity index is 2270. The Hall–Kier alpha value is -4.57. The molecule has 1 aliphatic heterocycles. The summed E-state index contributed by atoms with van der Waals surface area (Å²) in [7, 11) is 4.27. The van der Waals surface area contributed by atoms with Crippen molar-refractivity contribution in [1.29, 1.82) is 0 Å². The van der Waals surface area contributed by atoms with Crippen LogP contribution in [-0.2, 0) is 45.4 Å². The Kier molecular flexibility index (Phi) is 8.53. The number of fused-ring (bicyclic) bond motifs is 6. The summed E-state index contributed by atoms with van der Waals surface area (Å²) < 4.78 is 2.23. The molecule has 0 saturated heterocycles. The van der Waals surface area contributed by atoms with Crippen molar-refractivity contribution in [3.05, 3.63) is 144 Å². The van der Waals surface area contributed by atoms with E-state index in [-0.39, 0.29) is 25.5 Å². The van der Waals surface area contributed by atoms with Gasteiger partial charge in [0.05, 0.1) is 0 Å². The van der Waals surface area contributed by atoms with Crippen molar-refractivity contribution in [3.63, 3.8) is 0 Å². The first-order chi connectivity index (χ1) is 22.9. The second kappa shape index (κ2) is 12.8. The fourth-order valence-corrected chi connectivity index (χ4v) is 7.73. The number of nitrogens with zero attached hydrogens (tertiary/aromatic N) is 4. The van der Waals surface area contributed by atoms with Gasteiger partial charge in [-0.25, -0.2) is 0 Å². The maximum Gasteiger partial charge on any atom is 0.0389 e. The summed E-state index contributed by atoms with van der Waals surface area (Å²) in [6, 6.07) is 40.8. The van der Waals surface area contributed by atoms with Gasteiger partial charge in [0, 0.05) is 63.2 Å². The summed E-state index contributed by atoms with van der Waals surface area (Å²) in [4.78, 5) is 11.6. The van der Waals surface area contributed by atoms with Crippen LogP contribution in [0, 0.1) is 12.1 Å². The Morgan fingerprint density at radius 2 is 1.42 bits per heavy atom. The number of anilines is 2. The maximum atomic E-state index is 4.85. The van der Waals surface area contributed by atoms with Gasteiger partial charge in [-0.05, 0) is 83.0 Å². The van der Waals surface area contributed by atoms with Gasteiger partial charge >= 0.3 is 0 Å². The second-order valence-electron chi connectivity index (χ2n) is 13.3. The molecule has 0 bridgehead atoms. The fraction of sp³-hybridized carbons (Fsp3) is 0.209. The minimum absolute atomic E-state index is 0. The summed E-state index contributed by atoms with van der Waals surface area (Å²) in [5.74, 6) is 0. The van der Waals surface area contributed by atoms with Crippen molar-refractivity contribution in [2.75, 3.05) is 11.9 Å². The van der Waals surface area contributed by atoms with E-state index in [1.807, 2.05) is 30.5 Å². The molecule has 7 aromatic rings. The third-order valence-corrected chi connectivity index (χ3v) is 10.2. The van der Waals surface area contributed by atoms with E-state index in [1.54, 1.807) is 0 Å². The Labute approximate surface area is 296 Å². The first kappa shape index (κ1) is 32.0. The van der Waals surface area contributed by atoms with Crippen LogP contribution in [0.4, 0.5) is 11.4 Å². The molecule has 241 valence electrons. The zero-order valence-corrected chi connectivity index (χ0v) is 30.2. The van der Waals surface area contributed by atoms with Crippen LogP contribution in [0.1, 0.15) is 48.9 Å². The molecular formula is C43H38IrN4-2. The Morgan fingerprint density at radius 1 is 0.688 bits per heavy atom. The van der Waals surface area contributed by atoms with Gasteiger partial charge in [-0.2, -0.15) is 0 Å². The first-order valence-electron chi connectivity index (χ1n) is 16.6. The molecule has 0 fully saturated rings. The average molecular weight is 803 g/mol. The normalized spacial score (nSPS) is 14.3. The van der Waals surface area contributed by atoms with Crippen molar-refractivity contribution in [2.45, 2.75) is 44.9 Å². The SMILES string of the molecule is CN1c2ccccc2C(C)(C)c2cc[c-]c(-c3cc4c(cn3)CCCC4)c21.Cn1c2ccccc2c2cc[c-]c(-c3ccccn3)c21.[Ir]. The summed E-state index contributed by atoms with van der Waals surface area (Å²) in [5, 5.41) is 2.53. The minimum Gasteiger partial charge on any atom is -0.384 e. The van der Waals surface area contributed by atoms with Crippen molar-refractivity contribution in [1.82, 2.24) is 14.5 Å². The molecule has 0 saturated carbocycles. The van der Waals surface area contributed by atoms with Crippen LogP contribution in [0.2, 0.25) is 0 Å². The standard InChI is InChI=1S/C25H25N2.C18H13N2.Ir/c1-25(2)20-12-6-7-14-23(20)27(3)24-19(11-8-13-21(24)25)22-15-17-9-4-5-10-18(17)16-26-22;1-20-17-11-3-2-7-13(17)14-8-6-9-15(18(14)20)16-10-4-5-12-19-16;/h6-8,12-16H,4-5,9-10H2,1-3H3;2-8,10-12H,1H3;/q2*-1;. The van der Waals surface area contributed by atoms with E-state index in [0.29, 0.717) is 0 Å². The number of aromatic nitrogens is 3. The largest absolute Gasteiger partial charge is 0.384 e. The van der Waals surface area contributed by atoms with Gasteiger partial charge in [-0.15, -0.1) is 47.5 Å². The number of hydrogen-bond acceptors (Lipinski definition) is 3. The number of pyridine rings is 2. The predicted molar refractivity (Wildman–Crippen MR) is 194 cm³/mol. The average Bonchev–Trinajstić information content (AvgIpc) is 3.42. The van der Waals surface area contributed by atoms with E-state index >= 15 is 0 Å². The van der Waals surface area contributed by atoms with Crippen LogP contribution in [0.3, 0.4) is 0 Å². The summed E-state index contributed by atoms with van der Waals surface area (Å²) in [6.45, 7) is 4.64. The molecule has 0 spiro atoms. The van der Waals surface area contributed by atoms with E-state index in [4.69, 9.17) is 4.98 Å². The van der Waals surface area contributed by atoms with Crippen LogP contribution in [0.5, 0.6) is 0 Å². The molecule has 4 aromatic carbocycles. The van der Waals surface area contributed by atoms with Crippen LogP contribution >= 0.6 is 0 Å². The zero-order chi connectivity index (χ0) is 32.1. The molecule has 4 nitrogen and oxygen atoms in total. The third-order valence-electron chi connectivity index (χ3n) is 10.2. The summed E-state index contributed by atoms with van der Waals surface area (Å²) >= 11 is 0. The van der Waals surface area contributed by atoms with E-state index in [9.17, 15) is 0 Å². The molecule has 1 aliphatic carbocycles. The maximum absolute atomic E-state index is 4.85. The quantitative estimate of drug-likeness (QED) is 0.163. The molecule has 3 aromatic heterocycles. The van der Waals surface area contributed by atoms with Gasteiger partial charge in [0.2, 0.25) is 0 Å². The van der Waals surface area contributed by atoms with Crippen molar-refractivity contribution in [3.8, 4) is 22.5 Å². The van der Waals surface area contributed by atoms with Gasteiger partial charge in [0.1, 0.15) is 0 Å². The smallest absolute Gasteiger partial charge is 0.0389 e. The van der Waals surface area contributed by atoms with Gasteiger partial charge in [0.25, 0.3) is 0 Å². The van der Waals surface area contributed by atoms with Crippen molar-refractivity contribution in [2.24, 2.45) is 7.05 Å². The van der Waals surface area contributed by atoms with Gasteiger partial charge in [-0.3, -0.25) is 0 Å². The molecule has 4 heterocycles. The van der Waals surface area contributed by atoms with E-state index < -0.39 is 0 Å². The van der Waals surface area contributed by atoms with Gasteiger partial charge in [0.15, 0.2) is 0 Å². The van der Waals surface area contributed by atoms with Gasteiger partial charge < -0.3 is 19.4 Å². The molecule has 0 amide bonds. The molecule has 0 unspecified atom stereocenters. The molecule has 5 heteroatoms. The Balaban J connectivity index is 0.000000155. The fourth-order valence-electron chi connectivity index (χ4n) is 7.73. The molecular weight excluding hydrogens is 765 g/mol. The molecule has 0 N–H and O–H groups in total. The molecule has 0 atom stereocenters. The summed E-state index contributed by atoms with van der Waals surface area (Å²) in [5.41, 5.74) is 14.7. The number of aryl methyl sites for hydroxylation is 3. The third kappa shape index (κ3) is 5.26. The predicted octanol–water partition coefficient (Wildman–Crippen LogP) is 10.0. The zero-order valence-electron chi connectivity index (χ0n) is 27.8. The van der Waals surface area contributed by atoms with Crippen LogP contribution in [-0.4, -0.2) is 21.6 Å². The Morgan fingerprint density at radius 3 is 2.25 bits per heavy atom. The number of hydrogen-bond donors (Lipinski definition) is 0. The minimum atomic E-state index is -0.0451. The van der Waals surface area contributed by atoms with Crippen LogP contribution in [0.15, 0.2) is 109 Å². The number of benzene rings is 4. The van der Waals surface area contributed by atoms with E-state index in [1.165, 1.54) is 81.1 Å². The summed E-state index contributed by atoms with van der Waals surface area (Å²) in [6.07, 6.45) is 8.83. The number of rotatable bonds is 2. The molecule has 2 aliphatic rings. The monoisotopic (exact) mass is 803 g/mol. The van der Waals surface area contributed by atoms with Crippen LogP contribution in [0.25, 0.3) is 44.3 Å². The van der Waals surface area contributed by atoms with Crippen LogP contribution < -0.4 is 4.90 Å². The topological polar surface area (TPSA) is 34.0 Å².